The highest BCUT2D eigenvalue weighted by Gasteiger charge is 2.36. The van der Waals surface area contributed by atoms with Crippen LogP contribution in [0.5, 0.6) is 0 Å². The van der Waals surface area contributed by atoms with Crippen LogP contribution in [0.15, 0.2) is 12.3 Å². The summed E-state index contributed by atoms with van der Waals surface area (Å²) in [4.78, 5) is 32.6. The van der Waals surface area contributed by atoms with Crippen molar-refractivity contribution in [3.63, 3.8) is 0 Å². The van der Waals surface area contributed by atoms with E-state index in [1.165, 1.54) is 6.42 Å². The molecule has 172 valence electrons. The lowest BCUT2D eigenvalue weighted by atomic mass is 10.1. The van der Waals surface area contributed by atoms with Gasteiger partial charge >= 0.3 is 6.09 Å². The fraction of sp³-hybridized carbons (Fsp3) is 0.565. The van der Waals surface area contributed by atoms with Gasteiger partial charge in [-0.1, -0.05) is 32.4 Å². The van der Waals surface area contributed by atoms with Crippen molar-refractivity contribution in [3.05, 3.63) is 40.1 Å². The lowest BCUT2D eigenvalue weighted by molar-refractivity contribution is 0.0490. The van der Waals surface area contributed by atoms with Gasteiger partial charge in [0, 0.05) is 25.1 Å². The molecule has 3 aliphatic rings. The minimum atomic E-state index is -0.287. The van der Waals surface area contributed by atoms with Crippen molar-refractivity contribution in [2.45, 2.75) is 59.7 Å². The van der Waals surface area contributed by atoms with Gasteiger partial charge in [-0.15, -0.1) is 0 Å². The summed E-state index contributed by atoms with van der Waals surface area (Å²) in [6.45, 7) is 12.3. The number of carbonyl (C=O) groups is 1. The van der Waals surface area contributed by atoms with E-state index in [0.717, 1.165) is 53.8 Å². The van der Waals surface area contributed by atoms with Crippen LogP contribution in [0.25, 0.3) is 0 Å². The van der Waals surface area contributed by atoms with E-state index in [9.17, 15) is 4.79 Å². The van der Waals surface area contributed by atoms with Crippen molar-refractivity contribution in [1.29, 1.82) is 0 Å². The van der Waals surface area contributed by atoms with Crippen LogP contribution in [-0.4, -0.2) is 58.2 Å². The topological polar surface area (TPSA) is 74.7 Å². The van der Waals surface area contributed by atoms with Gasteiger partial charge in [-0.2, -0.15) is 0 Å². The first-order valence-electron chi connectivity index (χ1n) is 11.5. The maximum Gasteiger partial charge on any atom is 0.410 e. The Morgan fingerprint density at radius 2 is 1.94 bits per heavy atom. The third kappa shape index (κ3) is 4.33. The smallest absolute Gasteiger partial charge is 0.410 e. The molecule has 0 N–H and O–H groups in total. The second kappa shape index (κ2) is 9.48. The van der Waals surface area contributed by atoms with Gasteiger partial charge in [-0.3, -0.25) is 9.88 Å². The van der Waals surface area contributed by atoms with Gasteiger partial charge in [0.1, 0.15) is 17.7 Å². The predicted octanol–water partition coefficient (Wildman–Crippen LogP) is 3.97. The maximum atomic E-state index is 12.8. The number of aryl methyl sites for hydroxylation is 2. The molecular formula is C23H31ClN6O2. The van der Waals surface area contributed by atoms with E-state index in [-0.39, 0.29) is 12.2 Å². The number of fused-ring (bicyclic) bond motifs is 1. The van der Waals surface area contributed by atoms with E-state index in [0.29, 0.717) is 31.2 Å². The Morgan fingerprint density at radius 3 is 2.56 bits per heavy atom. The Labute approximate surface area is 194 Å². The maximum absolute atomic E-state index is 12.8. The molecular weight excluding hydrogens is 428 g/mol. The fourth-order valence-corrected chi connectivity index (χ4v) is 4.13. The van der Waals surface area contributed by atoms with Crippen LogP contribution in [0.1, 0.15) is 50.0 Å². The number of carbonyl (C=O) groups excluding carboxylic acids is 1. The summed E-state index contributed by atoms with van der Waals surface area (Å²) in [5.74, 6) is 1.84. The molecule has 9 heteroatoms. The molecule has 0 bridgehead atoms. The number of ether oxygens (including phenoxy) is 1. The third-order valence-corrected chi connectivity index (χ3v) is 6.41. The number of halogens is 1. The van der Waals surface area contributed by atoms with E-state index in [1.54, 1.807) is 11.1 Å². The summed E-state index contributed by atoms with van der Waals surface area (Å²) in [6, 6.07) is 1.90. The summed E-state index contributed by atoms with van der Waals surface area (Å²) in [5.41, 5.74) is 3.79. The summed E-state index contributed by atoms with van der Waals surface area (Å²) in [6.07, 6.45) is 3.36. The van der Waals surface area contributed by atoms with Crippen LogP contribution in [0.2, 0.25) is 5.02 Å². The summed E-state index contributed by atoms with van der Waals surface area (Å²) in [5, 5.41) is 0.647. The van der Waals surface area contributed by atoms with Crippen molar-refractivity contribution < 1.29 is 9.53 Å². The molecule has 2 saturated heterocycles. The average Bonchev–Trinajstić information content (AvgIpc) is 3.17. The number of rotatable bonds is 4. The number of hydrogen-bond donors (Lipinski definition) is 0. The molecule has 0 radical (unpaired) electrons. The van der Waals surface area contributed by atoms with E-state index >= 15 is 0 Å². The molecule has 5 rings (SSSR count). The van der Waals surface area contributed by atoms with E-state index in [4.69, 9.17) is 21.3 Å². The van der Waals surface area contributed by atoms with Gasteiger partial charge in [0.2, 0.25) is 0 Å². The third-order valence-electron chi connectivity index (χ3n) is 6.03. The highest BCUT2D eigenvalue weighted by atomic mass is 35.5. The number of nitrogens with zero attached hydrogens (tertiary/aromatic N) is 6. The molecule has 0 unspecified atom stereocenters. The molecule has 2 aromatic heterocycles. The van der Waals surface area contributed by atoms with E-state index in [1.807, 2.05) is 26.8 Å². The Balaban J connectivity index is 0.00000119. The SMILES string of the molecule is CC.CCc1nc2c(c(N3CCC3)n1)CN(C(=O)OC1CN(c3cnc(C)c(Cl)c3)C1)C2. The van der Waals surface area contributed by atoms with Crippen LogP contribution in [0.4, 0.5) is 16.3 Å². The van der Waals surface area contributed by atoms with Crippen molar-refractivity contribution in [3.8, 4) is 0 Å². The first kappa shape index (κ1) is 22.6. The number of aromatic nitrogens is 3. The highest BCUT2D eigenvalue weighted by molar-refractivity contribution is 6.31. The predicted molar refractivity (Wildman–Crippen MR) is 125 cm³/mol. The van der Waals surface area contributed by atoms with Gasteiger partial charge in [0.25, 0.3) is 0 Å². The van der Waals surface area contributed by atoms with Crippen LogP contribution < -0.4 is 9.80 Å². The van der Waals surface area contributed by atoms with Crippen LogP contribution in [-0.2, 0) is 24.2 Å². The number of amides is 1. The van der Waals surface area contributed by atoms with Gasteiger partial charge in [-0.05, 0) is 19.4 Å². The highest BCUT2D eigenvalue weighted by Crippen LogP contribution is 2.33. The van der Waals surface area contributed by atoms with Gasteiger partial charge in [0.05, 0.1) is 54.5 Å². The zero-order valence-electron chi connectivity index (χ0n) is 19.3. The lowest BCUT2D eigenvalue weighted by Gasteiger charge is -2.40. The molecule has 0 saturated carbocycles. The Bertz CT molecular complexity index is 991. The Morgan fingerprint density at radius 1 is 1.19 bits per heavy atom. The molecule has 3 aliphatic heterocycles. The lowest BCUT2D eigenvalue weighted by Crippen LogP contribution is -2.54. The summed E-state index contributed by atoms with van der Waals surface area (Å²) in [7, 11) is 0. The van der Waals surface area contributed by atoms with Crippen molar-refractivity contribution in [2.75, 3.05) is 36.0 Å². The molecule has 0 atom stereocenters. The van der Waals surface area contributed by atoms with Crippen molar-refractivity contribution >= 4 is 29.2 Å². The molecule has 0 aliphatic carbocycles. The Hall–Kier alpha value is -2.61. The molecule has 0 aromatic carbocycles. The standard InChI is InChI=1S/C21H25ClN6O2.C2H6/c1-3-19-24-18-12-28(11-16(18)20(25-19)26-5-4-6-26)21(29)30-15-9-27(10-15)14-7-17(22)13(2)23-8-14;1-2/h7-8,15H,3-6,9-12H2,1-2H3;1-2H3. The molecule has 8 nitrogen and oxygen atoms in total. The van der Waals surface area contributed by atoms with Gasteiger partial charge in [0.15, 0.2) is 0 Å². The zero-order valence-corrected chi connectivity index (χ0v) is 20.0. The molecule has 2 fully saturated rings. The molecule has 1 amide bonds. The van der Waals surface area contributed by atoms with Crippen LogP contribution >= 0.6 is 11.6 Å². The van der Waals surface area contributed by atoms with Crippen molar-refractivity contribution in [2.24, 2.45) is 0 Å². The molecule has 32 heavy (non-hydrogen) atoms. The normalized spacial score (nSPS) is 17.2. The number of hydrogen-bond acceptors (Lipinski definition) is 7. The average molecular weight is 459 g/mol. The number of anilines is 2. The minimum absolute atomic E-state index is 0.131. The van der Waals surface area contributed by atoms with Gasteiger partial charge in [-0.25, -0.2) is 14.8 Å². The fourth-order valence-electron chi connectivity index (χ4n) is 3.97. The minimum Gasteiger partial charge on any atom is -0.442 e. The molecule has 0 spiro atoms. The van der Waals surface area contributed by atoms with Crippen LogP contribution in [0, 0.1) is 6.92 Å². The van der Waals surface area contributed by atoms with Crippen molar-refractivity contribution in [1.82, 2.24) is 19.9 Å². The second-order valence-electron chi connectivity index (χ2n) is 8.11. The molecule has 5 heterocycles. The zero-order chi connectivity index (χ0) is 22.8. The Kier molecular flexibility index (Phi) is 6.69. The molecule has 2 aromatic rings. The largest absolute Gasteiger partial charge is 0.442 e. The monoisotopic (exact) mass is 458 g/mol. The first-order chi connectivity index (χ1) is 15.5. The summed E-state index contributed by atoms with van der Waals surface area (Å²) < 4.78 is 5.73. The second-order valence-corrected chi connectivity index (χ2v) is 8.52. The van der Waals surface area contributed by atoms with E-state index < -0.39 is 0 Å². The first-order valence-corrected chi connectivity index (χ1v) is 11.9. The quantitative estimate of drug-likeness (QED) is 0.686. The van der Waals surface area contributed by atoms with Gasteiger partial charge < -0.3 is 14.5 Å². The van der Waals surface area contributed by atoms with Crippen LogP contribution in [0.3, 0.4) is 0 Å². The van der Waals surface area contributed by atoms with E-state index in [2.05, 4.69) is 26.7 Å². The summed E-state index contributed by atoms with van der Waals surface area (Å²) >= 11 is 6.17. The number of pyridine rings is 1.